The zero-order chi connectivity index (χ0) is 15.5. The number of hydrogen-bond donors (Lipinski definition) is 1. The smallest absolute Gasteiger partial charge is 0.308 e. The molecule has 114 valence electrons. The van der Waals surface area contributed by atoms with Gasteiger partial charge in [0.25, 0.3) is 0 Å². The minimum atomic E-state index is -4.30. The van der Waals surface area contributed by atoms with Crippen LogP contribution in [-0.2, 0) is 0 Å². The van der Waals surface area contributed by atoms with Crippen LogP contribution >= 0.6 is 0 Å². The van der Waals surface area contributed by atoms with E-state index in [0.717, 1.165) is 0 Å². The van der Waals surface area contributed by atoms with Gasteiger partial charge in [-0.05, 0) is 25.0 Å². The van der Waals surface area contributed by atoms with Gasteiger partial charge in [0.1, 0.15) is 11.6 Å². The second-order valence-electron chi connectivity index (χ2n) is 5.15. The fourth-order valence-electron chi connectivity index (χ4n) is 1.99. The first-order chi connectivity index (χ1) is 9.10. The Bertz CT molecular complexity index is 454. The lowest BCUT2D eigenvalue weighted by Crippen LogP contribution is -2.30. The van der Waals surface area contributed by atoms with Gasteiger partial charge in [-0.15, -0.1) is 0 Å². The van der Waals surface area contributed by atoms with Gasteiger partial charge in [-0.3, -0.25) is 0 Å². The van der Waals surface area contributed by atoms with Crippen molar-refractivity contribution in [2.45, 2.75) is 51.9 Å². The first-order valence-corrected chi connectivity index (χ1v) is 6.38. The molecule has 0 fully saturated rings. The van der Waals surface area contributed by atoms with Gasteiger partial charge >= 0.3 is 6.18 Å². The first-order valence-electron chi connectivity index (χ1n) is 6.38. The van der Waals surface area contributed by atoms with Crippen molar-refractivity contribution in [3.05, 3.63) is 34.9 Å². The van der Waals surface area contributed by atoms with Crippen molar-refractivity contribution in [2.75, 3.05) is 0 Å². The van der Waals surface area contributed by atoms with Crippen LogP contribution in [0.25, 0.3) is 0 Å². The van der Waals surface area contributed by atoms with E-state index in [0.29, 0.717) is 6.07 Å². The Kier molecular flexibility index (Phi) is 5.50. The number of rotatable bonds is 5. The summed E-state index contributed by atoms with van der Waals surface area (Å²) in [6.07, 6.45) is -5.61. The van der Waals surface area contributed by atoms with E-state index in [1.807, 2.05) is 0 Å². The third-order valence-corrected chi connectivity index (χ3v) is 2.90. The van der Waals surface area contributed by atoms with E-state index in [1.165, 1.54) is 13.0 Å². The molecule has 1 rings (SSSR count). The molecule has 1 N–H and O–H groups in total. The summed E-state index contributed by atoms with van der Waals surface area (Å²) in [5.74, 6) is -1.53. The Labute approximate surface area is 115 Å². The molecule has 0 spiro atoms. The van der Waals surface area contributed by atoms with E-state index < -0.39 is 30.3 Å². The topological polar surface area (TPSA) is 12.0 Å². The number of hydrogen-bond acceptors (Lipinski definition) is 1. The van der Waals surface area contributed by atoms with Gasteiger partial charge < -0.3 is 5.32 Å². The maximum Gasteiger partial charge on any atom is 0.389 e. The summed E-state index contributed by atoms with van der Waals surface area (Å²) in [4.78, 5) is 0. The fraction of sp³-hybridized carbons (Fsp3) is 0.571. The van der Waals surface area contributed by atoms with Crippen LogP contribution < -0.4 is 5.32 Å². The third-order valence-electron chi connectivity index (χ3n) is 2.90. The molecule has 0 saturated carbocycles. The van der Waals surface area contributed by atoms with Crippen LogP contribution in [0.2, 0.25) is 0 Å². The fourth-order valence-corrected chi connectivity index (χ4v) is 1.99. The standard InChI is InChI=1S/C14H18F5N/c1-8(2)20-13(4-5-14(17,18)19)10-6-9(3)11(15)7-12(10)16/h6-8,13,20H,4-5H2,1-3H3. The van der Waals surface area contributed by atoms with E-state index in [9.17, 15) is 22.0 Å². The molecule has 0 saturated heterocycles. The molecule has 0 aliphatic carbocycles. The zero-order valence-electron chi connectivity index (χ0n) is 11.6. The highest BCUT2D eigenvalue weighted by atomic mass is 19.4. The number of alkyl halides is 3. The first kappa shape index (κ1) is 16.9. The van der Waals surface area contributed by atoms with Crippen molar-refractivity contribution in [3.63, 3.8) is 0 Å². The molecule has 1 aromatic rings. The van der Waals surface area contributed by atoms with Crippen LogP contribution in [-0.4, -0.2) is 12.2 Å². The predicted octanol–water partition coefficient (Wildman–Crippen LogP) is 4.65. The van der Waals surface area contributed by atoms with E-state index in [2.05, 4.69) is 5.32 Å². The van der Waals surface area contributed by atoms with Crippen molar-refractivity contribution >= 4 is 0 Å². The van der Waals surface area contributed by atoms with Gasteiger partial charge in [-0.1, -0.05) is 13.8 Å². The Morgan fingerprint density at radius 1 is 1.10 bits per heavy atom. The summed E-state index contributed by atoms with van der Waals surface area (Å²) < 4.78 is 64.0. The average Bonchev–Trinajstić information content (AvgIpc) is 2.28. The maximum absolute atomic E-state index is 13.8. The molecular formula is C14H18F5N. The van der Waals surface area contributed by atoms with Gasteiger partial charge in [0.2, 0.25) is 0 Å². The molecule has 20 heavy (non-hydrogen) atoms. The van der Waals surface area contributed by atoms with E-state index in [1.54, 1.807) is 13.8 Å². The minimum absolute atomic E-state index is 0.0712. The summed E-state index contributed by atoms with van der Waals surface area (Å²) in [6.45, 7) is 4.97. The molecule has 0 bridgehead atoms. The Balaban J connectivity index is 3.01. The van der Waals surface area contributed by atoms with Gasteiger partial charge in [-0.2, -0.15) is 13.2 Å². The summed E-state index contributed by atoms with van der Waals surface area (Å²) in [7, 11) is 0. The number of benzene rings is 1. The largest absolute Gasteiger partial charge is 0.389 e. The molecule has 0 aliphatic heterocycles. The highest BCUT2D eigenvalue weighted by molar-refractivity contribution is 5.28. The molecule has 6 heteroatoms. The molecule has 0 radical (unpaired) electrons. The van der Waals surface area contributed by atoms with Gasteiger partial charge in [0, 0.05) is 30.1 Å². The summed E-state index contributed by atoms with van der Waals surface area (Å²) in [5, 5.41) is 2.89. The van der Waals surface area contributed by atoms with Crippen LogP contribution in [0.15, 0.2) is 12.1 Å². The Morgan fingerprint density at radius 2 is 1.70 bits per heavy atom. The lowest BCUT2D eigenvalue weighted by Gasteiger charge is -2.23. The van der Waals surface area contributed by atoms with Gasteiger partial charge in [0.05, 0.1) is 0 Å². The van der Waals surface area contributed by atoms with Crippen molar-refractivity contribution in [1.82, 2.24) is 5.32 Å². The lowest BCUT2D eigenvalue weighted by molar-refractivity contribution is -0.136. The Morgan fingerprint density at radius 3 is 2.20 bits per heavy atom. The highest BCUT2D eigenvalue weighted by Crippen LogP contribution is 2.30. The second-order valence-corrected chi connectivity index (χ2v) is 5.15. The average molecular weight is 295 g/mol. The lowest BCUT2D eigenvalue weighted by atomic mass is 9.98. The maximum atomic E-state index is 13.8. The second kappa shape index (κ2) is 6.52. The molecule has 0 amide bonds. The summed E-state index contributed by atoms with van der Waals surface area (Å²) in [5.41, 5.74) is 0.283. The van der Waals surface area contributed by atoms with Crippen LogP contribution in [0.3, 0.4) is 0 Å². The Hall–Kier alpha value is -1.17. The van der Waals surface area contributed by atoms with Crippen LogP contribution in [0.1, 0.15) is 43.9 Å². The number of halogens is 5. The van der Waals surface area contributed by atoms with Crippen molar-refractivity contribution < 1.29 is 22.0 Å². The SMILES string of the molecule is Cc1cc(C(CCC(F)(F)F)NC(C)C)c(F)cc1F. The minimum Gasteiger partial charge on any atom is -0.308 e. The van der Waals surface area contributed by atoms with E-state index >= 15 is 0 Å². The normalized spacial score (nSPS) is 13.8. The van der Waals surface area contributed by atoms with Gasteiger partial charge in [0.15, 0.2) is 0 Å². The molecule has 1 atom stereocenters. The number of nitrogens with one attached hydrogen (secondary N) is 1. The highest BCUT2D eigenvalue weighted by Gasteiger charge is 2.29. The number of aryl methyl sites for hydroxylation is 1. The summed E-state index contributed by atoms with van der Waals surface area (Å²) >= 11 is 0. The van der Waals surface area contributed by atoms with Crippen molar-refractivity contribution in [2.24, 2.45) is 0 Å². The predicted molar refractivity (Wildman–Crippen MR) is 67.4 cm³/mol. The molecule has 0 aliphatic rings. The van der Waals surface area contributed by atoms with Crippen LogP contribution in [0, 0.1) is 18.6 Å². The van der Waals surface area contributed by atoms with Crippen molar-refractivity contribution in [3.8, 4) is 0 Å². The van der Waals surface area contributed by atoms with Crippen LogP contribution in [0.5, 0.6) is 0 Å². The molecule has 0 aromatic heterocycles. The van der Waals surface area contributed by atoms with Crippen molar-refractivity contribution in [1.29, 1.82) is 0 Å². The van der Waals surface area contributed by atoms with Gasteiger partial charge in [-0.25, -0.2) is 8.78 Å². The quantitative estimate of drug-likeness (QED) is 0.779. The molecular weight excluding hydrogens is 277 g/mol. The zero-order valence-corrected chi connectivity index (χ0v) is 11.6. The molecule has 0 heterocycles. The van der Waals surface area contributed by atoms with E-state index in [4.69, 9.17) is 0 Å². The van der Waals surface area contributed by atoms with Crippen LogP contribution in [0.4, 0.5) is 22.0 Å². The summed E-state index contributed by atoms with van der Waals surface area (Å²) in [6, 6.07) is 1.07. The van der Waals surface area contributed by atoms with E-state index in [-0.39, 0.29) is 23.6 Å². The monoisotopic (exact) mass is 295 g/mol. The molecule has 1 unspecified atom stereocenters. The third kappa shape index (κ3) is 5.07. The molecule has 1 nitrogen and oxygen atoms in total. The molecule has 1 aromatic carbocycles.